The minimum Gasteiger partial charge on any atom is -0.480 e. The number of hydrogen-bond donors (Lipinski definition) is 5. The molecule has 1 atom stereocenters. The van der Waals surface area contributed by atoms with E-state index in [0.717, 1.165) is 12.6 Å². The van der Waals surface area contributed by atoms with Crippen molar-refractivity contribution in [2.24, 2.45) is 11.5 Å². The molecule has 0 aliphatic carbocycles. The van der Waals surface area contributed by atoms with Crippen molar-refractivity contribution in [3.05, 3.63) is 0 Å². The van der Waals surface area contributed by atoms with Gasteiger partial charge in [-0.1, -0.05) is 27.7 Å². The maximum Gasteiger partial charge on any atom is 0.320 e. The second-order valence-corrected chi connectivity index (χ2v) is 10.7. The zero-order valence-corrected chi connectivity index (χ0v) is 29.5. The van der Waals surface area contributed by atoms with Gasteiger partial charge < -0.3 is 41.5 Å². The molecule has 0 spiro atoms. The zero-order valence-electron chi connectivity index (χ0n) is 29.5. The largest absolute Gasteiger partial charge is 0.480 e. The van der Waals surface area contributed by atoms with E-state index in [1.165, 1.54) is 7.05 Å². The summed E-state index contributed by atoms with van der Waals surface area (Å²) < 4.78 is 0. The number of carbonyl (C=O) groups excluding carboxylic acids is 4. The number of rotatable bonds is 13. The van der Waals surface area contributed by atoms with Crippen LogP contribution in [-0.4, -0.2) is 182 Å². The third-order valence-electron chi connectivity index (χ3n) is 8.03. The molecular formula is C31H62N8O8. The van der Waals surface area contributed by atoms with Crippen LogP contribution >= 0.6 is 0 Å². The summed E-state index contributed by atoms with van der Waals surface area (Å²) >= 11 is 0. The molecule has 0 aromatic carbocycles. The Morgan fingerprint density at radius 1 is 0.787 bits per heavy atom. The normalized spacial score (nSPS) is 18.9. The van der Waals surface area contributed by atoms with E-state index >= 15 is 0 Å². The van der Waals surface area contributed by atoms with Gasteiger partial charge in [0.2, 0.25) is 11.8 Å². The topological polar surface area (TPSA) is 223 Å². The summed E-state index contributed by atoms with van der Waals surface area (Å²) in [7, 11) is 3.22. The summed E-state index contributed by atoms with van der Waals surface area (Å²) in [5, 5.41) is 22.5. The second-order valence-electron chi connectivity index (χ2n) is 10.7. The predicted octanol–water partition coefficient (Wildman–Crippen LogP) is -1.38. The first-order chi connectivity index (χ1) is 22.5. The third kappa shape index (κ3) is 18.2. The average Bonchev–Trinajstić information content (AvgIpc) is 3.07. The average molecular weight is 675 g/mol. The van der Waals surface area contributed by atoms with Gasteiger partial charge in [-0.3, -0.25) is 38.8 Å². The summed E-state index contributed by atoms with van der Waals surface area (Å²) in [6, 6.07) is -0.977. The number of amides is 2. The standard InChI is InChI=1S/C26H45N7O8.2C2H6.CH5N/c1-28-26(20-35)4-6-33(7-5-26)23(37)3-2-21(25(40)41)32-14-12-29(16-17-34)8-9-31(19-24(38)39)11-10-30(13-15-32)18-22(27)36;3*1-2/h17,20-21,28H,2-16,18-19H2,1H3,(H2,27,36)(H,38,39)(H,40,41);2*1-2H3;2H2,1H3. The van der Waals surface area contributed by atoms with Crippen molar-refractivity contribution in [1.29, 1.82) is 0 Å². The van der Waals surface area contributed by atoms with Crippen LogP contribution in [0.3, 0.4) is 0 Å². The van der Waals surface area contributed by atoms with Crippen LogP contribution in [0.15, 0.2) is 0 Å². The molecule has 274 valence electrons. The van der Waals surface area contributed by atoms with Gasteiger partial charge in [-0.15, -0.1) is 0 Å². The molecule has 0 radical (unpaired) electrons. The first-order valence-electron chi connectivity index (χ1n) is 16.6. The molecule has 7 N–H and O–H groups in total. The number of carbonyl (C=O) groups is 6. The number of nitrogens with one attached hydrogen (secondary N) is 1. The first-order valence-corrected chi connectivity index (χ1v) is 16.6. The number of hydrogen-bond acceptors (Lipinski definition) is 12. The molecule has 2 amide bonds. The van der Waals surface area contributed by atoms with E-state index in [2.05, 4.69) is 11.1 Å². The number of nitrogens with zero attached hydrogens (tertiary/aromatic N) is 5. The molecule has 0 bridgehead atoms. The molecular weight excluding hydrogens is 612 g/mol. The van der Waals surface area contributed by atoms with Crippen molar-refractivity contribution in [3.8, 4) is 0 Å². The lowest BCUT2D eigenvalue weighted by molar-refractivity contribution is -0.144. The number of carboxylic acid groups (broad SMARTS) is 2. The van der Waals surface area contributed by atoms with Crippen LogP contribution in [0.2, 0.25) is 0 Å². The van der Waals surface area contributed by atoms with E-state index in [-0.39, 0.29) is 51.5 Å². The highest BCUT2D eigenvalue weighted by atomic mass is 16.4. The number of piperidine rings is 1. The van der Waals surface area contributed by atoms with E-state index in [1.54, 1.807) is 26.6 Å². The third-order valence-corrected chi connectivity index (χ3v) is 8.03. The summed E-state index contributed by atoms with van der Waals surface area (Å²) in [6.45, 7) is 11.3. The van der Waals surface area contributed by atoms with Gasteiger partial charge in [0.05, 0.1) is 25.2 Å². The Labute approximate surface area is 280 Å². The molecule has 2 heterocycles. The van der Waals surface area contributed by atoms with Gasteiger partial charge >= 0.3 is 11.9 Å². The van der Waals surface area contributed by atoms with E-state index in [1.807, 2.05) is 32.6 Å². The van der Waals surface area contributed by atoms with Crippen molar-refractivity contribution < 1.29 is 39.0 Å². The molecule has 2 aliphatic heterocycles. The number of primary amides is 1. The van der Waals surface area contributed by atoms with Gasteiger partial charge in [0.1, 0.15) is 18.6 Å². The number of nitrogens with two attached hydrogens (primary N) is 2. The Morgan fingerprint density at radius 3 is 1.68 bits per heavy atom. The Hall–Kier alpha value is -3.02. The van der Waals surface area contributed by atoms with Crippen LogP contribution in [0.1, 0.15) is 53.4 Å². The van der Waals surface area contributed by atoms with E-state index in [0.29, 0.717) is 65.2 Å². The molecule has 16 nitrogen and oxygen atoms in total. The van der Waals surface area contributed by atoms with E-state index < -0.39 is 29.4 Å². The highest BCUT2D eigenvalue weighted by Gasteiger charge is 2.35. The molecule has 2 fully saturated rings. The maximum atomic E-state index is 13.0. The number of aliphatic carboxylic acids is 2. The van der Waals surface area contributed by atoms with Crippen molar-refractivity contribution in [2.45, 2.75) is 65.0 Å². The van der Waals surface area contributed by atoms with Crippen molar-refractivity contribution in [1.82, 2.24) is 29.8 Å². The van der Waals surface area contributed by atoms with Gasteiger partial charge in [0, 0.05) is 71.9 Å². The lowest BCUT2D eigenvalue weighted by Crippen LogP contribution is -2.54. The Kier molecular flexibility index (Phi) is 26.5. The van der Waals surface area contributed by atoms with Gasteiger partial charge in [-0.05, 0) is 33.4 Å². The predicted molar refractivity (Wildman–Crippen MR) is 181 cm³/mol. The molecule has 2 aliphatic rings. The molecule has 2 rings (SSSR count). The number of likely N-dealkylation sites (tertiary alicyclic amines) is 1. The van der Waals surface area contributed by atoms with E-state index in [4.69, 9.17) is 5.73 Å². The monoisotopic (exact) mass is 674 g/mol. The fourth-order valence-electron chi connectivity index (χ4n) is 5.34. The molecule has 2 saturated heterocycles. The van der Waals surface area contributed by atoms with Crippen molar-refractivity contribution in [3.63, 3.8) is 0 Å². The number of likely N-dealkylation sites (N-methyl/N-ethyl adjacent to an activating group) is 1. The number of carboxylic acids is 2. The van der Waals surface area contributed by atoms with Crippen LogP contribution in [-0.2, 0) is 28.8 Å². The Balaban J connectivity index is 0. The highest BCUT2D eigenvalue weighted by molar-refractivity contribution is 5.79. The van der Waals surface area contributed by atoms with Crippen LogP contribution in [0.5, 0.6) is 0 Å². The summed E-state index contributed by atoms with van der Waals surface area (Å²) in [4.78, 5) is 80.0. The summed E-state index contributed by atoms with van der Waals surface area (Å²) in [5.41, 5.74) is 9.29. The van der Waals surface area contributed by atoms with Gasteiger partial charge in [0.25, 0.3) is 0 Å². The zero-order chi connectivity index (χ0) is 36.4. The fraction of sp³-hybridized carbons (Fsp3) is 0.806. The maximum absolute atomic E-state index is 13.0. The Bertz CT molecular complexity index is 918. The first kappa shape index (κ1) is 46.1. The molecule has 0 aromatic rings. The quantitative estimate of drug-likeness (QED) is 0.142. The van der Waals surface area contributed by atoms with Gasteiger partial charge in [-0.25, -0.2) is 0 Å². The lowest BCUT2D eigenvalue weighted by atomic mass is 9.89. The van der Waals surface area contributed by atoms with Crippen LogP contribution < -0.4 is 16.8 Å². The minimum atomic E-state index is -1.07. The van der Waals surface area contributed by atoms with Crippen LogP contribution in [0, 0.1) is 0 Å². The highest BCUT2D eigenvalue weighted by Crippen LogP contribution is 2.21. The van der Waals surface area contributed by atoms with Crippen LogP contribution in [0.25, 0.3) is 0 Å². The lowest BCUT2D eigenvalue weighted by Gasteiger charge is -2.38. The van der Waals surface area contributed by atoms with Gasteiger partial charge in [-0.2, -0.15) is 0 Å². The summed E-state index contributed by atoms with van der Waals surface area (Å²) in [6.07, 6.45) is 2.70. The molecule has 0 aromatic heterocycles. The molecule has 16 heteroatoms. The Morgan fingerprint density at radius 2 is 1.26 bits per heavy atom. The van der Waals surface area contributed by atoms with E-state index in [9.17, 15) is 39.0 Å². The second kappa shape index (κ2) is 27.0. The number of aldehydes is 2. The smallest absolute Gasteiger partial charge is 0.320 e. The van der Waals surface area contributed by atoms with Crippen LogP contribution in [0.4, 0.5) is 0 Å². The SMILES string of the molecule is CC.CC.CN.CNC1(C=O)CCN(C(=O)CCC(C(=O)O)N2CCN(CC=O)CCN(CC(=O)O)CCN(CC(N)=O)CC2)CC1. The molecule has 0 saturated carbocycles. The fourth-order valence-corrected chi connectivity index (χ4v) is 5.34. The van der Waals surface area contributed by atoms with Gasteiger partial charge in [0.15, 0.2) is 0 Å². The van der Waals surface area contributed by atoms with Crippen molar-refractivity contribution in [2.75, 3.05) is 99.2 Å². The van der Waals surface area contributed by atoms with Crippen molar-refractivity contribution >= 4 is 36.3 Å². The minimum absolute atomic E-state index is 0.0221. The molecule has 47 heavy (non-hydrogen) atoms. The molecule has 1 unspecified atom stereocenters. The summed E-state index contributed by atoms with van der Waals surface area (Å²) in [5.74, 6) is -2.78.